The van der Waals surface area contributed by atoms with Crippen LogP contribution in [-0.2, 0) is 0 Å². The van der Waals surface area contributed by atoms with Crippen molar-refractivity contribution in [3.8, 4) is 0 Å². The molecule has 0 aliphatic heterocycles. The van der Waals surface area contributed by atoms with Gasteiger partial charge in [0.05, 0.1) is 0 Å². The summed E-state index contributed by atoms with van der Waals surface area (Å²) in [5.41, 5.74) is 1.53. The highest BCUT2D eigenvalue weighted by atomic mass is 14.1. The molecule has 1 unspecified atom stereocenters. The van der Waals surface area contributed by atoms with E-state index in [1.165, 1.54) is 12.0 Å². The van der Waals surface area contributed by atoms with Crippen LogP contribution in [0.3, 0.4) is 0 Å². The van der Waals surface area contributed by atoms with Gasteiger partial charge in [-0.2, -0.15) is 0 Å². The number of allylic oxidation sites excluding steroid dienone is 4. The molecule has 0 heteroatoms. The summed E-state index contributed by atoms with van der Waals surface area (Å²) in [6, 6.07) is 0. The van der Waals surface area contributed by atoms with Gasteiger partial charge in [0.1, 0.15) is 0 Å². The summed E-state index contributed by atoms with van der Waals surface area (Å²) in [5, 5.41) is 0. The average molecular weight is 122 g/mol. The van der Waals surface area contributed by atoms with Crippen LogP contribution >= 0.6 is 0 Å². The van der Waals surface area contributed by atoms with Crippen LogP contribution in [-0.4, -0.2) is 0 Å². The minimum Gasteiger partial charge on any atom is -0.0851 e. The SMILES string of the molecule is CC1=CCC=CC(C)C1. The van der Waals surface area contributed by atoms with Crippen molar-refractivity contribution in [2.75, 3.05) is 0 Å². The fourth-order valence-corrected chi connectivity index (χ4v) is 1.24. The molecule has 0 bridgehead atoms. The van der Waals surface area contributed by atoms with Crippen molar-refractivity contribution in [3.63, 3.8) is 0 Å². The van der Waals surface area contributed by atoms with E-state index in [1.54, 1.807) is 0 Å². The van der Waals surface area contributed by atoms with Gasteiger partial charge >= 0.3 is 0 Å². The van der Waals surface area contributed by atoms with Crippen molar-refractivity contribution < 1.29 is 0 Å². The molecule has 0 saturated heterocycles. The third-order valence-electron chi connectivity index (χ3n) is 1.71. The summed E-state index contributed by atoms with van der Waals surface area (Å²) < 4.78 is 0. The van der Waals surface area contributed by atoms with Crippen LogP contribution in [0.4, 0.5) is 0 Å². The van der Waals surface area contributed by atoms with Gasteiger partial charge in [-0.1, -0.05) is 30.7 Å². The second-order valence-corrected chi connectivity index (χ2v) is 2.90. The van der Waals surface area contributed by atoms with E-state index in [2.05, 4.69) is 32.1 Å². The molecule has 0 nitrogen and oxygen atoms in total. The Hall–Kier alpha value is -0.520. The lowest BCUT2D eigenvalue weighted by Crippen LogP contribution is -1.87. The Bertz CT molecular complexity index is 140. The standard InChI is InChI=1S/C9H14/c1-8-5-3-4-6-9(2)7-8/h3,5-6,8H,4,7H2,1-2H3. The average Bonchev–Trinajstić information content (AvgIpc) is 1.93. The zero-order valence-electron chi connectivity index (χ0n) is 6.22. The van der Waals surface area contributed by atoms with E-state index in [4.69, 9.17) is 0 Å². The first-order valence-corrected chi connectivity index (χ1v) is 3.61. The fourth-order valence-electron chi connectivity index (χ4n) is 1.24. The molecule has 0 N–H and O–H groups in total. The molecule has 1 aliphatic carbocycles. The zero-order chi connectivity index (χ0) is 6.69. The molecule has 0 aromatic heterocycles. The van der Waals surface area contributed by atoms with Crippen LogP contribution in [0.15, 0.2) is 23.8 Å². The Morgan fingerprint density at radius 2 is 2.33 bits per heavy atom. The Balaban J connectivity index is 2.58. The van der Waals surface area contributed by atoms with E-state index in [-0.39, 0.29) is 0 Å². The molecule has 0 heterocycles. The van der Waals surface area contributed by atoms with E-state index in [0.29, 0.717) is 0 Å². The van der Waals surface area contributed by atoms with E-state index in [1.807, 2.05) is 0 Å². The minimum absolute atomic E-state index is 0.753. The third kappa shape index (κ3) is 2.05. The van der Waals surface area contributed by atoms with Crippen LogP contribution in [0.5, 0.6) is 0 Å². The van der Waals surface area contributed by atoms with E-state index in [0.717, 1.165) is 12.3 Å². The summed E-state index contributed by atoms with van der Waals surface area (Å²) in [4.78, 5) is 0. The van der Waals surface area contributed by atoms with Gasteiger partial charge < -0.3 is 0 Å². The molecular formula is C9H14. The van der Waals surface area contributed by atoms with Gasteiger partial charge in [-0.05, 0) is 25.7 Å². The molecule has 1 aliphatic rings. The molecule has 0 aromatic rings. The molecule has 9 heavy (non-hydrogen) atoms. The Morgan fingerprint density at radius 1 is 1.56 bits per heavy atom. The van der Waals surface area contributed by atoms with E-state index in [9.17, 15) is 0 Å². The lowest BCUT2D eigenvalue weighted by molar-refractivity contribution is 0.720. The summed E-state index contributed by atoms with van der Waals surface area (Å²) in [7, 11) is 0. The summed E-state index contributed by atoms with van der Waals surface area (Å²) in [5.74, 6) is 0.753. The van der Waals surface area contributed by atoms with Gasteiger partial charge in [0, 0.05) is 0 Å². The molecule has 0 saturated carbocycles. The maximum Gasteiger partial charge on any atom is -0.0166 e. The lowest BCUT2D eigenvalue weighted by Gasteiger charge is -2.01. The van der Waals surface area contributed by atoms with Crippen molar-refractivity contribution in [3.05, 3.63) is 23.8 Å². The van der Waals surface area contributed by atoms with E-state index >= 15 is 0 Å². The highest BCUT2D eigenvalue weighted by Crippen LogP contribution is 2.16. The molecular weight excluding hydrogens is 108 g/mol. The normalized spacial score (nSPS) is 27.3. The summed E-state index contributed by atoms with van der Waals surface area (Å²) in [6.07, 6.45) is 9.24. The van der Waals surface area contributed by atoms with Crippen LogP contribution in [0.1, 0.15) is 26.7 Å². The predicted octanol–water partition coefficient (Wildman–Crippen LogP) is 2.92. The number of rotatable bonds is 0. The molecule has 1 atom stereocenters. The van der Waals surface area contributed by atoms with Crippen molar-refractivity contribution in [1.29, 1.82) is 0 Å². The second-order valence-electron chi connectivity index (χ2n) is 2.90. The lowest BCUT2D eigenvalue weighted by atomic mass is 10.0. The van der Waals surface area contributed by atoms with E-state index < -0.39 is 0 Å². The first kappa shape index (κ1) is 6.60. The predicted molar refractivity (Wildman–Crippen MR) is 41.3 cm³/mol. The maximum absolute atomic E-state index is 2.31. The molecule has 0 spiro atoms. The van der Waals surface area contributed by atoms with Gasteiger partial charge in [0.25, 0.3) is 0 Å². The zero-order valence-corrected chi connectivity index (χ0v) is 6.22. The van der Waals surface area contributed by atoms with Crippen LogP contribution in [0.2, 0.25) is 0 Å². The third-order valence-corrected chi connectivity index (χ3v) is 1.71. The number of hydrogen-bond donors (Lipinski definition) is 0. The van der Waals surface area contributed by atoms with Crippen molar-refractivity contribution in [2.45, 2.75) is 26.7 Å². The molecule has 0 amide bonds. The van der Waals surface area contributed by atoms with Gasteiger partial charge in [-0.15, -0.1) is 0 Å². The van der Waals surface area contributed by atoms with Gasteiger partial charge in [-0.25, -0.2) is 0 Å². The molecule has 0 radical (unpaired) electrons. The maximum atomic E-state index is 2.31. The number of hydrogen-bond acceptors (Lipinski definition) is 0. The highest BCUT2D eigenvalue weighted by Gasteiger charge is 1.99. The molecule has 50 valence electrons. The largest absolute Gasteiger partial charge is 0.0851 e. The van der Waals surface area contributed by atoms with Crippen LogP contribution in [0.25, 0.3) is 0 Å². The molecule has 0 fully saturated rings. The Labute approximate surface area is 57.3 Å². The van der Waals surface area contributed by atoms with Crippen molar-refractivity contribution in [1.82, 2.24) is 0 Å². The van der Waals surface area contributed by atoms with Gasteiger partial charge in [0.15, 0.2) is 0 Å². The second kappa shape index (κ2) is 2.86. The molecule has 1 rings (SSSR count). The first-order valence-electron chi connectivity index (χ1n) is 3.61. The topological polar surface area (TPSA) is 0 Å². The van der Waals surface area contributed by atoms with Crippen LogP contribution < -0.4 is 0 Å². The quantitative estimate of drug-likeness (QED) is 0.433. The monoisotopic (exact) mass is 122 g/mol. The Morgan fingerprint density at radius 3 is 3.11 bits per heavy atom. The minimum atomic E-state index is 0.753. The van der Waals surface area contributed by atoms with Gasteiger partial charge in [-0.3, -0.25) is 0 Å². The Kier molecular flexibility index (Phi) is 2.10. The summed E-state index contributed by atoms with van der Waals surface area (Å²) >= 11 is 0. The fraction of sp³-hybridized carbons (Fsp3) is 0.556. The van der Waals surface area contributed by atoms with Crippen molar-refractivity contribution in [2.24, 2.45) is 5.92 Å². The van der Waals surface area contributed by atoms with Gasteiger partial charge in [0.2, 0.25) is 0 Å². The first-order chi connectivity index (χ1) is 4.29. The smallest absolute Gasteiger partial charge is 0.0166 e. The van der Waals surface area contributed by atoms with Crippen molar-refractivity contribution >= 4 is 0 Å². The van der Waals surface area contributed by atoms with Crippen LogP contribution in [0, 0.1) is 5.92 Å². The summed E-state index contributed by atoms with van der Waals surface area (Å²) in [6.45, 7) is 4.47. The highest BCUT2D eigenvalue weighted by molar-refractivity contribution is 5.09. The molecule has 0 aromatic carbocycles.